The van der Waals surface area contributed by atoms with E-state index in [9.17, 15) is 9.59 Å². The van der Waals surface area contributed by atoms with Crippen molar-refractivity contribution in [3.8, 4) is 23.0 Å². The topological polar surface area (TPSA) is 74.3 Å². The fourth-order valence-corrected chi connectivity index (χ4v) is 4.41. The zero-order chi connectivity index (χ0) is 27.6. The molecule has 7 heteroatoms. The molecule has 0 N–H and O–H groups in total. The van der Waals surface area contributed by atoms with Gasteiger partial charge in [-0.1, -0.05) is 36.4 Å². The summed E-state index contributed by atoms with van der Waals surface area (Å²) in [6, 6.07) is 20.6. The first kappa shape index (κ1) is 27.9. The number of benzene rings is 3. The molecule has 0 atom stereocenters. The lowest BCUT2D eigenvalue weighted by Crippen LogP contribution is -2.35. The van der Waals surface area contributed by atoms with Gasteiger partial charge in [-0.2, -0.15) is 0 Å². The van der Waals surface area contributed by atoms with Gasteiger partial charge in [0.05, 0.1) is 7.11 Å². The summed E-state index contributed by atoms with van der Waals surface area (Å²) < 4.78 is 22.6. The molecule has 1 saturated heterocycles. The van der Waals surface area contributed by atoms with Crippen LogP contribution in [0.3, 0.4) is 0 Å². The van der Waals surface area contributed by atoms with Crippen molar-refractivity contribution < 1.29 is 28.5 Å². The predicted molar refractivity (Wildman–Crippen MR) is 150 cm³/mol. The van der Waals surface area contributed by atoms with Crippen LogP contribution in [0.1, 0.15) is 36.5 Å². The molecule has 7 nitrogen and oxygen atoms in total. The lowest BCUT2D eigenvalue weighted by atomic mass is 10.0. The molecule has 1 aliphatic rings. The van der Waals surface area contributed by atoms with Crippen LogP contribution < -0.4 is 18.9 Å². The number of hydrogen-bond donors (Lipinski definition) is 0. The Labute approximate surface area is 229 Å². The normalized spacial score (nSPS) is 14.2. The Balaban J connectivity index is 1.33. The summed E-state index contributed by atoms with van der Waals surface area (Å²) in [5, 5.41) is 0. The molecule has 0 aromatic heterocycles. The van der Waals surface area contributed by atoms with E-state index in [4.69, 9.17) is 18.9 Å². The van der Waals surface area contributed by atoms with Gasteiger partial charge in [0.15, 0.2) is 17.3 Å². The summed E-state index contributed by atoms with van der Waals surface area (Å²) in [6.07, 6.45) is 5.80. The molecular weight excluding hydrogens is 494 g/mol. The predicted octanol–water partition coefficient (Wildman–Crippen LogP) is 5.50. The van der Waals surface area contributed by atoms with Crippen LogP contribution in [0, 0.1) is 0 Å². The number of ether oxygens (including phenoxy) is 4. The average Bonchev–Trinajstić information content (AvgIpc) is 2.93. The Morgan fingerprint density at radius 2 is 1.62 bits per heavy atom. The van der Waals surface area contributed by atoms with E-state index in [1.54, 1.807) is 24.3 Å². The minimum Gasteiger partial charge on any atom is -0.493 e. The van der Waals surface area contributed by atoms with Crippen LogP contribution >= 0.6 is 0 Å². The van der Waals surface area contributed by atoms with Crippen LogP contribution in [0.5, 0.6) is 23.0 Å². The molecule has 1 fully saturated rings. The van der Waals surface area contributed by atoms with Crippen LogP contribution in [-0.2, 0) is 22.6 Å². The summed E-state index contributed by atoms with van der Waals surface area (Å²) in [5.74, 6) is 1.86. The maximum absolute atomic E-state index is 12.8. The van der Waals surface area contributed by atoms with Crippen molar-refractivity contribution in [3.05, 3.63) is 89.5 Å². The molecule has 0 aliphatic carbocycles. The highest BCUT2D eigenvalue weighted by atomic mass is 16.6. The van der Waals surface area contributed by atoms with E-state index >= 15 is 0 Å². The summed E-state index contributed by atoms with van der Waals surface area (Å²) in [5.41, 5.74) is 2.58. The summed E-state index contributed by atoms with van der Waals surface area (Å²) in [4.78, 5) is 26.5. The third kappa shape index (κ3) is 8.45. The Hall–Kier alpha value is -4.10. The summed E-state index contributed by atoms with van der Waals surface area (Å²) in [7, 11) is 3.64. The van der Waals surface area contributed by atoms with E-state index in [0.717, 1.165) is 54.1 Å². The average molecular weight is 530 g/mol. The van der Waals surface area contributed by atoms with Gasteiger partial charge in [0.25, 0.3) is 0 Å². The van der Waals surface area contributed by atoms with E-state index in [1.165, 1.54) is 20.1 Å². The van der Waals surface area contributed by atoms with Gasteiger partial charge in [0.2, 0.25) is 0 Å². The number of esters is 1. The molecule has 0 bridgehead atoms. The van der Waals surface area contributed by atoms with Crippen LogP contribution in [0.15, 0.2) is 72.8 Å². The molecular formula is C32H35NO6. The SMILES string of the molecule is COc1ccc(/C=C/C(=O)Cc2ccccc2COc2ccc(OC3CCN(C)CC3)cc2)cc1OC(C)=O. The molecule has 204 valence electrons. The fourth-order valence-electron chi connectivity index (χ4n) is 4.41. The number of carbonyl (C=O) groups is 2. The molecule has 39 heavy (non-hydrogen) atoms. The summed E-state index contributed by atoms with van der Waals surface area (Å²) >= 11 is 0. The second-order valence-corrected chi connectivity index (χ2v) is 9.63. The van der Waals surface area contributed by atoms with Gasteiger partial charge in [-0.05, 0) is 79.1 Å². The molecule has 4 rings (SSSR count). The number of ketones is 1. The van der Waals surface area contributed by atoms with Crippen molar-refractivity contribution in [2.24, 2.45) is 0 Å². The molecule has 0 spiro atoms. The second kappa shape index (κ2) is 13.6. The van der Waals surface area contributed by atoms with Crippen molar-refractivity contribution in [3.63, 3.8) is 0 Å². The van der Waals surface area contributed by atoms with Crippen molar-refractivity contribution in [1.29, 1.82) is 0 Å². The van der Waals surface area contributed by atoms with Gasteiger partial charge in [0, 0.05) is 26.4 Å². The van der Waals surface area contributed by atoms with Crippen molar-refractivity contribution in [1.82, 2.24) is 4.90 Å². The third-order valence-corrected chi connectivity index (χ3v) is 6.57. The van der Waals surface area contributed by atoms with Crippen LogP contribution in [0.2, 0.25) is 0 Å². The number of methoxy groups -OCH3 is 1. The molecule has 3 aromatic carbocycles. The molecule has 0 radical (unpaired) electrons. The number of nitrogens with zero attached hydrogens (tertiary/aromatic N) is 1. The van der Waals surface area contributed by atoms with Crippen molar-refractivity contribution >= 4 is 17.8 Å². The molecule has 3 aromatic rings. The highest BCUT2D eigenvalue weighted by Crippen LogP contribution is 2.29. The van der Waals surface area contributed by atoms with Crippen LogP contribution in [-0.4, -0.2) is 50.0 Å². The Kier molecular flexibility index (Phi) is 9.75. The van der Waals surface area contributed by atoms with Gasteiger partial charge in [-0.15, -0.1) is 0 Å². The number of likely N-dealkylation sites (tertiary alicyclic amines) is 1. The Morgan fingerprint density at radius 1 is 0.923 bits per heavy atom. The Morgan fingerprint density at radius 3 is 2.31 bits per heavy atom. The first-order valence-electron chi connectivity index (χ1n) is 13.1. The van der Waals surface area contributed by atoms with Gasteiger partial charge < -0.3 is 23.8 Å². The molecule has 1 heterocycles. The van der Waals surface area contributed by atoms with E-state index in [-0.39, 0.29) is 18.3 Å². The fraction of sp³-hybridized carbons (Fsp3) is 0.312. The van der Waals surface area contributed by atoms with Gasteiger partial charge in [0.1, 0.15) is 24.2 Å². The lowest BCUT2D eigenvalue weighted by Gasteiger charge is -2.29. The minimum absolute atomic E-state index is 0.0530. The van der Waals surface area contributed by atoms with E-state index in [0.29, 0.717) is 18.1 Å². The Bertz CT molecular complexity index is 1290. The molecule has 0 amide bonds. The summed E-state index contributed by atoms with van der Waals surface area (Å²) in [6.45, 7) is 3.80. The quantitative estimate of drug-likeness (QED) is 0.185. The van der Waals surface area contributed by atoms with E-state index in [2.05, 4.69) is 11.9 Å². The van der Waals surface area contributed by atoms with Crippen LogP contribution in [0.4, 0.5) is 0 Å². The standard InChI is InChI=1S/C32H35NO6/c1-23(34)38-32-20-24(9-15-31(32)36-3)8-10-27(35)21-25-6-4-5-7-26(25)22-37-28-11-13-29(14-12-28)39-30-16-18-33(2)19-17-30/h4-15,20,30H,16-19,21-22H2,1-3H3/b10-8+. The maximum atomic E-state index is 12.8. The number of allylic oxidation sites excluding steroid dienone is 1. The number of rotatable bonds is 11. The second-order valence-electron chi connectivity index (χ2n) is 9.63. The van der Waals surface area contributed by atoms with E-state index in [1.807, 2.05) is 48.5 Å². The highest BCUT2D eigenvalue weighted by Gasteiger charge is 2.18. The zero-order valence-electron chi connectivity index (χ0n) is 22.7. The lowest BCUT2D eigenvalue weighted by molar-refractivity contribution is -0.132. The van der Waals surface area contributed by atoms with Crippen molar-refractivity contribution in [2.75, 3.05) is 27.2 Å². The van der Waals surface area contributed by atoms with Gasteiger partial charge in [-0.3, -0.25) is 9.59 Å². The van der Waals surface area contributed by atoms with Gasteiger partial charge in [-0.25, -0.2) is 0 Å². The first-order chi connectivity index (χ1) is 18.9. The molecule has 1 aliphatic heterocycles. The number of carbonyl (C=O) groups excluding carboxylic acids is 2. The largest absolute Gasteiger partial charge is 0.493 e. The zero-order valence-corrected chi connectivity index (χ0v) is 22.7. The maximum Gasteiger partial charge on any atom is 0.308 e. The van der Waals surface area contributed by atoms with Crippen molar-refractivity contribution in [2.45, 2.75) is 38.9 Å². The first-order valence-corrected chi connectivity index (χ1v) is 13.1. The number of hydrogen-bond acceptors (Lipinski definition) is 7. The molecule has 0 saturated carbocycles. The highest BCUT2D eigenvalue weighted by molar-refractivity contribution is 5.95. The third-order valence-electron chi connectivity index (χ3n) is 6.57. The van der Waals surface area contributed by atoms with Gasteiger partial charge >= 0.3 is 5.97 Å². The van der Waals surface area contributed by atoms with E-state index < -0.39 is 5.97 Å². The van der Waals surface area contributed by atoms with Crippen LogP contribution in [0.25, 0.3) is 6.08 Å². The monoisotopic (exact) mass is 529 g/mol. The number of piperidine rings is 1. The minimum atomic E-state index is -0.443. The smallest absolute Gasteiger partial charge is 0.308 e. The molecule has 0 unspecified atom stereocenters.